The van der Waals surface area contributed by atoms with E-state index < -0.39 is 6.10 Å². The fourth-order valence-corrected chi connectivity index (χ4v) is 6.23. The van der Waals surface area contributed by atoms with Crippen LogP contribution in [0.25, 0.3) is 0 Å². The molecule has 0 aliphatic rings. The van der Waals surface area contributed by atoms with Crippen molar-refractivity contribution in [3.63, 3.8) is 0 Å². The molecule has 0 amide bonds. The summed E-state index contributed by atoms with van der Waals surface area (Å²) in [6.45, 7) is 6.49. The number of rotatable bonds is 41. The normalized spacial score (nSPS) is 12.4. The van der Waals surface area contributed by atoms with Crippen molar-refractivity contribution < 1.29 is 28.6 Å². The van der Waals surface area contributed by atoms with Crippen LogP contribution in [0.5, 0.6) is 0 Å². The Morgan fingerprint density at radius 3 is 1.09 bits per heavy atom. The van der Waals surface area contributed by atoms with Gasteiger partial charge < -0.3 is 14.2 Å². The number of ether oxygens (including phenoxy) is 3. The van der Waals surface area contributed by atoms with Crippen molar-refractivity contribution in [1.82, 2.24) is 0 Å². The van der Waals surface area contributed by atoms with Gasteiger partial charge in [-0.1, -0.05) is 159 Å². The molecule has 0 saturated carbocycles. The predicted molar refractivity (Wildman–Crippen MR) is 233 cm³/mol. The van der Waals surface area contributed by atoms with Gasteiger partial charge in [-0.25, -0.2) is 0 Å². The summed E-state index contributed by atoms with van der Waals surface area (Å²) in [6.07, 6.45) is 50.9. The monoisotopic (exact) mass is 771 g/mol. The molecule has 0 rings (SSSR count). The van der Waals surface area contributed by atoms with Crippen molar-refractivity contribution in [1.29, 1.82) is 0 Å². The number of allylic oxidation sites excluding steroid dienone is 8. The molecule has 0 radical (unpaired) electrons. The van der Waals surface area contributed by atoms with Crippen molar-refractivity contribution in [3.8, 4) is 0 Å². The minimum absolute atomic E-state index is 0.0857. The molecule has 0 aromatic carbocycles. The number of carbonyl (C=O) groups excluding carboxylic acids is 3. The van der Waals surface area contributed by atoms with Gasteiger partial charge in [-0.2, -0.15) is 0 Å². The summed E-state index contributed by atoms with van der Waals surface area (Å²) < 4.78 is 16.7. The summed E-state index contributed by atoms with van der Waals surface area (Å²) in [4.78, 5) is 37.7. The molecule has 1 atom stereocenters. The minimum Gasteiger partial charge on any atom is -0.462 e. The van der Waals surface area contributed by atoms with E-state index in [9.17, 15) is 14.4 Å². The Kier molecular flexibility index (Phi) is 42.0. The van der Waals surface area contributed by atoms with Gasteiger partial charge in [-0.15, -0.1) is 0 Å². The first-order valence-electron chi connectivity index (χ1n) is 23.1. The van der Waals surface area contributed by atoms with Crippen LogP contribution in [0.2, 0.25) is 0 Å². The average molecular weight is 771 g/mol. The van der Waals surface area contributed by atoms with Crippen LogP contribution in [0.1, 0.15) is 226 Å². The molecule has 0 bridgehead atoms. The molecule has 0 saturated heterocycles. The van der Waals surface area contributed by atoms with E-state index in [1.54, 1.807) is 0 Å². The third-order valence-corrected chi connectivity index (χ3v) is 9.76. The lowest BCUT2D eigenvalue weighted by Crippen LogP contribution is -2.30. The second-order valence-corrected chi connectivity index (χ2v) is 15.3. The maximum atomic E-state index is 12.7. The number of hydrogen-bond donors (Lipinski definition) is 0. The van der Waals surface area contributed by atoms with E-state index in [1.165, 1.54) is 83.5 Å². The zero-order chi connectivity index (χ0) is 40.1. The van der Waals surface area contributed by atoms with Crippen LogP contribution in [-0.2, 0) is 28.6 Å². The van der Waals surface area contributed by atoms with Gasteiger partial charge in [0.1, 0.15) is 13.2 Å². The van der Waals surface area contributed by atoms with Gasteiger partial charge in [0.2, 0.25) is 0 Å². The Labute approximate surface area is 339 Å². The van der Waals surface area contributed by atoms with Gasteiger partial charge in [-0.05, 0) is 96.3 Å². The molecule has 318 valence electrons. The molecular formula is C49H86O6. The molecule has 0 aliphatic heterocycles. The molecule has 6 nitrogen and oxygen atoms in total. The van der Waals surface area contributed by atoms with Crippen molar-refractivity contribution >= 4 is 17.9 Å². The molecule has 55 heavy (non-hydrogen) atoms. The SMILES string of the molecule is CCC/C=C\CCCCCCCC(=O)OCC(COC(=O)CCCCCCC/C=C\C/C=C\CCCCC)OC(=O)CCCCCCC/C=C\CCCCC. The lowest BCUT2D eigenvalue weighted by Gasteiger charge is -2.18. The van der Waals surface area contributed by atoms with E-state index in [4.69, 9.17) is 14.2 Å². The van der Waals surface area contributed by atoms with E-state index in [2.05, 4.69) is 69.4 Å². The number of esters is 3. The molecule has 0 N–H and O–H groups in total. The highest BCUT2D eigenvalue weighted by atomic mass is 16.6. The van der Waals surface area contributed by atoms with Crippen LogP contribution in [0, 0.1) is 0 Å². The first-order chi connectivity index (χ1) is 27.0. The minimum atomic E-state index is -0.783. The van der Waals surface area contributed by atoms with Gasteiger partial charge in [0.15, 0.2) is 6.10 Å². The van der Waals surface area contributed by atoms with Gasteiger partial charge in [0, 0.05) is 19.3 Å². The van der Waals surface area contributed by atoms with Crippen LogP contribution in [0.4, 0.5) is 0 Å². The van der Waals surface area contributed by atoms with E-state index in [-0.39, 0.29) is 31.1 Å². The fourth-order valence-electron chi connectivity index (χ4n) is 6.23. The summed E-state index contributed by atoms with van der Waals surface area (Å²) in [5.41, 5.74) is 0. The number of carbonyl (C=O) groups is 3. The zero-order valence-corrected chi connectivity index (χ0v) is 36.2. The van der Waals surface area contributed by atoms with Crippen LogP contribution in [-0.4, -0.2) is 37.2 Å². The van der Waals surface area contributed by atoms with Gasteiger partial charge >= 0.3 is 17.9 Å². The highest BCUT2D eigenvalue weighted by Crippen LogP contribution is 2.13. The van der Waals surface area contributed by atoms with Crippen molar-refractivity contribution in [2.75, 3.05) is 13.2 Å². The quantitative estimate of drug-likeness (QED) is 0.0267. The molecule has 1 unspecified atom stereocenters. The van der Waals surface area contributed by atoms with Crippen molar-refractivity contribution in [2.24, 2.45) is 0 Å². The molecular weight excluding hydrogens is 685 g/mol. The highest BCUT2D eigenvalue weighted by molar-refractivity contribution is 5.71. The molecule has 0 aromatic heterocycles. The van der Waals surface area contributed by atoms with E-state index in [0.717, 1.165) is 103 Å². The summed E-state index contributed by atoms with van der Waals surface area (Å²) in [7, 11) is 0. The Bertz CT molecular complexity index is 980. The summed E-state index contributed by atoms with van der Waals surface area (Å²) in [5.74, 6) is -0.920. The number of hydrogen-bond acceptors (Lipinski definition) is 6. The molecule has 6 heteroatoms. The first kappa shape index (κ1) is 52.4. The smallest absolute Gasteiger partial charge is 0.306 e. The standard InChI is InChI=1S/C49H86O6/c1-4-7-10-13-16-19-22-24-25-26-28-30-33-36-39-42-48(51)54-45-46(44-53-47(50)41-38-35-32-29-21-18-15-12-9-6-3)55-49(52)43-40-37-34-31-27-23-20-17-14-11-8-5-2/h12,15-17,19-20,24-25,46H,4-11,13-14,18,21-23,26-45H2,1-3H3/b15-12-,19-16-,20-17-,25-24-. The summed E-state index contributed by atoms with van der Waals surface area (Å²) >= 11 is 0. The second-order valence-electron chi connectivity index (χ2n) is 15.3. The Balaban J connectivity index is 4.40. The maximum Gasteiger partial charge on any atom is 0.306 e. The van der Waals surface area contributed by atoms with E-state index >= 15 is 0 Å². The van der Waals surface area contributed by atoms with E-state index in [1.807, 2.05) is 0 Å². The van der Waals surface area contributed by atoms with Crippen LogP contribution < -0.4 is 0 Å². The third kappa shape index (κ3) is 42.4. The third-order valence-electron chi connectivity index (χ3n) is 9.76. The largest absolute Gasteiger partial charge is 0.462 e. The molecule has 0 spiro atoms. The zero-order valence-electron chi connectivity index (χ0n) is 36.2. The molecule has 0 aliphatic carbocycles. The van der Waals surface area contributed by atoms with Crippen LogP contribution >= 0.6 is 0 Å². The molecule has 0 fully saturated rings. The van der Waals surface area contributed by atoms with Crippen molar-refractivity contribution in [2.45, 2.75) is 232 Å². The average Bonchev–Trinajstić information content (AvgIpc) is 3.18. The molecule has 0 aromatic rings. The van der Waals surface area contributed by atoms with Gasteiger partial charge in [0.05, 0.1) is 0 Å². The Morgan fingerprint density at radius 2 is 0.691 bits per heavy atom. The summed E-state index contributed by atoms with van der Waals surface area (Å²) in [6, 6.07) is 0. The predicted octanol–water partition coefficient (Wildman–Crippen LogP) is 14.8. The van der Waals surface area contributed by atoms with Crippen LogP contribution in [0.15, 0.2) is 48.6 Å². The summed E-state index contributed by atoms with van der Waals surface area (Å²) in [5, 5.41) is 0. The maximum absolute atomic E-state index is 12.7. The lowest BCUT2D eigenvalue weighted by atomic mass is 10.1. The lowest BCUT2D eigenvalue weighted by molar-refractivity contribution is -0.167. The first-order valence-corrected chi connectivity index (χ1v) is 23.1. The Hall–Kier alpha value is -2.63. The second kappa shape index (κ2) is 44.1. The van der Waals surface area contributed by atoms with Gasteiger partial charge in [-0.3, -0.25) is 14.4 Å². The van der Waals surface area contributed by atoms with Crippen molar-refractivity contribution in [3.05, 3.63) is 48.6 Å². The highest BCUT2D eigenvalue weighted by Gasteiger charge is 2.19. The van der Waals surface area contributed by atoms with Gasteiger partial charge in [0.25, 0.3) is 0 Å². The molecule has 0 heterocycles. The van der Waals surface area contributed by atoms with E-state index in [0.29, 0.717) is 19.3 Å². The Morgan fingerprint density at radius 1 is 0.364 bits per heavy atom. The topological polar surface area (TPSA) is 78.9 Å². The van der Waals surface area contributed by atoms with Crippen LogP contribution in [0.3, 0.4) is 0 Å². The number of unbranched alkanes of at least 4 members (excludes halogenated alkanes) is 22. The fraction of sp³-hybridized carbons (Fsp3) is 0.776.